The van der Waals surface area contributed by atoms with Crippen molar-refractivity contribution in [3.63, 3.8) is 0 Å². The summed E-state index contributed by atoms with van der Waals surface area (Å²) >= 11 is 0. The zero-order valence-electron chi connectivity index (χ0n) is 15.0. The van der Waals surface area contributed by atoms with Gasteiger partial charge in [0.05, 0.1) is 0 Å². The maximum Gasteiger partial charge on any atom is 0.192 e. The van der Waals surface area contributed by atoms with Gasteiger partial charge in [-0.2, -0.15) is 0 Å². The van der Waals surface area contributed by atoms with E-state index in [4.69, 9.17) is 4.43 Å². The fraction of sp³-hybridized carbons (Fsp3) is 0.889. The highest BCUT2D eigenvalue weighted by molar-refractivity contribution is 6.74. The SMILES string of the molecule is C=C[C@H]1[C@H](C(C)C)CC[C@]1(C)CO[Si](C)(C)C(C)(C)C. The zero-order valence-corrected chi connectivity index (χ0v) is 16.0. The normalized spacial score (nSPS) is 31.9. The van der Waals surface area contributed by atoms with Crippen LogP contribution in [-0.4, -0.2) is 14.9 Å². The maximum absolute atomic E-state index is 6.53. The molecule has 0 amide bonds. The summed E-state index contributed by atoms with van der Waals surface area (Å²) in [6.07, 6.45) is 4.81. The smallest absolute Gasteiger partial charge is 0.192 e. The van der Waals surface area contributed by atoms with Crippen LogP contribution in [0.3, 0.4) is 0 Å². The van der Waals surface area contributed by atoms with E-state index in [0.29, 0.717) is 11.0 Å². The molecule has 0 unspecified atom stereocenters. The average molecular weight is 297 g/mol. The van der Waals surface area contributed by atoms with Crippen molar-refractivity contribution in [1.29, 1.82) is 0 Å². The van der Waals surface area contributed by atoms with Crippen LogP contribution in [0.1, 0.15) is 54.4 Å². The van der Waals surface area contributed by atoms with Gasteiger partial charge in [-0.15, -0.1) is 6.58 Å². The van der Waals surface area contributed by atoms with E-state index in [1.54, 1.807) is 0 Å². The second kappa shape index (κ2) is 5.96. The molecule has 0 aromatic rings. The highest BCUT2D eigenvalue weighted by Gasteiger charge is 2.46. The minimum absolute atomic E-state index is 0.284. The number of hydrogen-bond acceptors (Lipinski definition) is 1. The molecule has 20 heavy (non-hydrogen) atoms. The molecule has 0 N–H and O–H groups in total. The van der Waals surface area contributed by atoms with Gasteiger partial charge in [0.2, 0.25) is 0 Å². The van der Waals surface area contributed by atoms with Crippen LogP contribution in [0.15, 0.2) is 12.7 Å². The Morgan fingerprint density at radius 2 is 1.90 bits per heavy atom. The van der Waals surface area contributed by atoms with Crippen LogP contribution < -0.4 is 0 Å². The Morgan fingerprint density at radius 1 is 1.35 bits per heavy atom. The molecule has 0 aromatic heterocycles. The van der Waals surface area contributed by atoms with Crippen molar-refractivity contribution >= 4 is 8.32 Å². The van der Waals surface area contributed by atoms with Crippen molar-refractivity contribution < 1.29 is 4.43 Å². The Bertz CT molecular complexity index is 340. The van der Waals surface area contributed by atoms with Crippen LogP contribution in [-0.2, 0) is 4.43 Å². The van der Waals surface area contributed by atoms with Crippen molar-refractivity contribution in [1.82, 2.24) is 0 Å². The topological polar surface area (TPSA) is 9.23 Å². The lowest BCUT2D eigenvalue weighted by atomic mass is 9.75. The van der Waals surface area contributed by atoms with Gasteiger partial charge in [-0.05, 0) is 54.1 Å². The minimum Gasteiger partial charge on any atom is -0.416 e. The Morgan fingerprint density at radius 3 is 2.30 bits per heavy atom. The van der Waals surface area contributed by atoms with Gasteiger partial charge < -0.3 is 4.43 Å². The molecule has 0 aromatic carbocycles. The van der Waals surface area contributed by atoms with E-state index in [0.717, 1.165) is 18.4 Å². The van der Waals surface area contributed by atoms with Crippen molar-refractivity contribution in [3.05, 3.63) is 12.7 Å². The van der Waals surface area contributed by atoms with E-state index in [1.807, 2.05) is 0 Å². The van der Waals surface area contributed by atoms with Gasteiger partial charge in [-0.3, -0.25) is 0 Å². The summed E-state index contributed by atoms with van der Waals surface area (Å²) in [5.41, 5.74) is 0.284. The second-order valence-corrected chi connectivity index (χ2v) is 13.7. The third-order valence-corrected chi connectivity index (χ3v) is 10.5. The Kier molecular flexibility index (Phi) is 5.36. The Balaban J connectivity index is 2.79. The molecule has 1 aliphatic carbocycles. The van der Waals surface area contributed by atoms with E-state index in [1.165, 1.54) is 12.8 Å². The van der Waals surface area contributed by atoms with Crippen LogP contribution in [0.2, 0.25) is 18.1 Å². The van der Waals surface area contributed by atoms with Crippen molar-refractivity contribution in [2.75, 3.05) is 6.61 Å². The quantitative estimate of drug-likeness (QED) is 0.454. The van der Waals surface area contributed by atoms with E-state index in [2.05, 4.69) is 67.3 Å². The van der Waals surface area contributed by atoms with E-state index >= 15 is 0 Å². The van der Waals surface area contributed by atoms with Gasteiger partial charge in [0.1, 0.15) is 0 Å². The second-order valence-electron chi connectivity index (χ2n) is 8.91. The summed E-state index contributed by atoms with van der Waals surface area (Å²) in [5.74, 6) is 2.13. The predicted molar refractivity (Wildman–Crippen MR) is 92.5 cm³/mol. The monoisotopic (exact) mass is 296 g/mol. The number of rotatable bonds is 5. The molecule has 0 spiro atoms. The van der Waals surface area contributed by atoms with Gasteiger partial charge in [-0.1, -0.05) is 47.6 Å². The maximum atomic E-state index is 6.53. The molecule has 0 aliphatic heterocycles. The lowest BCUT2D eigenvalue weighted by Gasteiger charge is -2.41. The minimum atomic E-state index is -1.65. The van der Waals surface area contributed by atoms with Gasteiger partial charge in [0, 0.05) is 6.61 Å². The lowest BCUT2D eigenvalue weighted by Crippen LogP contribution is -2.44. The summed E-state index contributed by atoms with van der Waals surface area (Å²) in [5, 5.41) is 0.295. The Hall–Kier alpha value is -0.0831. The molecule has 2 heteroatoms. The molecule has 1 fully saturated rings. The first-order valence-corrected chi connectivity index (χ1v) is 11.1. The van der Waals surface area contributed by atoms with Crippen LogP contribution in [0, 0.1) is 23.2 Å². The molecule has 1 aliphatic rings. The molecule has 0 heterocycles. The highest BCUT2D eigenvalue weighted by Crippen LogP contribution is 2.51. The van der Waals surface area contributed by atoms with Gasteiger partial charge in [0.15, 0.2) is 8.32 Å². The molecule has 118 valence electrons. The van der Waals surface area contributed by atoms with Crippen LogP contribution in [0.5, 0.6) is 0 Å². The molecule has 0 saturated heterocycles. The summed E-state index contributed by atoms with van der Waals surface area (Å²) in [4.78, 5) is 0. The van der Waals surface area contributed by atoms with Crippen molar-refractivity contribution in [2.24, 2.45) is 23.2 Å². The van der Waals surface area contributed by atoms with Gasteiger partial charge >= 0.3 is 0 Å². The van der Waals surface area contributed by atoms with E-state index in [-0.39, 0.29) is 5.41 Å². The van der Waals surface area contributed by atoms with E-state index in [9.17, 15) is 0 Å². The standard InChI is InChI=1S/C18H36OSi/c1-10-16-15(14(2)3)11-12-18(16,7)13-19-20(8,9)17(4,5)6/h10,14-16H,1,11-13H2,2-9H3/t15-,16-,18+/m0/s1. The first-order valence-electron chi connectivity index (χ1n) is 8.21. The fourth-order valence-electron chi connectivity index (χ4n) is 3.30. The van der Waals surface area contributed by atoms with Crippen LogP contribution in [0.25, 0.3) is 0 Å². The number of allylic oxidation sites excluding steroid dienone is 1. The third-order valence-electron chi connectivity index (χ3n) is 5.99. The molecule has 1 nitrogen and oxygen atoms in total. The Labute approximate surface area is 128 Å². The zero-order chi connectivity index (χ0) is 15.8. The van der Waals surface area contributed by atoms with Crippen molar-refractivity contribution in [3.8, 4) is 0 Å². The first-order chi connectivity index (χ1) is 8.94. The molecule has 0 bridgehead atoms. The summed E-state index contributed by atoms with van der Waals surface area (Å²) < 4.78 is 6.53. The summed E-state index contributed by atoms with van der Waals surface area (Å²) in [6, 6.07) is 0. The largest absolute Gasteiger partial charge is 0.416 e. The molecule has 3 atom stereocenters. The third kappa shape index (κ3) is 3.57. The van der Waals surface area contributed by atoms with Gasteiger partial charge in [-0.25, -0.2) is 0 Å². The summed E-state index contributed by atoms with van der Waals surface area (Å²) in [6.45, 7) is 23.8. The average Bonchev–Trinajstić information content (AvgIpc) is 2.63. The molecule has 1 saturated carbocycles. The molecule has 1 rings (SSSR count). The van der Waals surface area contributed by atoms with Gasteiger partial charge in [0.25, 0.3) is 0 Å². The fourth-order valence-corrected chi connectivity index (χ4v) is 4.42. The number of hydrogen-bond donors (Lipinski definition) is 0. The summed E-state index contributed by atoms with van der Waals surface area (Å²) in [7, 11) is -1.65. The molecule has 0 radical (unpaired) electrons. The first kappa shape index (κ1) is 18.0. The van der Waals surface area contributed by atoms with Crippen LogP contribution in [0.4, 0.5) is 0 Å². The lowest BCUT2D eigenvalue weighted by molar-refractivity contribution is 0.110. The van der Waals surface area contributed by atoms with E-state index < -0.39 is 8.32 Å². The molecular weight excluding hydrogens is 260 g/mol. The van der Waals surface area contributed by atoms with Crippen LogP contribution >= 0.6 is 0 Å². The predicted octanol–water partition coefficient (Wildman–Crippen LogP) is 5.88. The molecular formula is C18H36OSi. The van der Waals surface area contributed by atoms with Crippen molar-refractivity contribution in [2.45, 2.75) is 72.5 Å². The highest BCUT2D eigenvalue weighted by atomic mass is 28.4.